The molecule has 0 bridgehead atoms. The first-order chi connectivity index (χ1) is 11.6. The van der Waals surface area contributed by atoms with Crippen LogP contribution >= 0.6 is 0 Å². The molecule has 2 heterocycles. The van der Waals surface area contributed by atoms with Gasteiger partial charge in [-0.05, 0) is 18.6 Å². The number of aliphatic hydroxyl groups excluding tert-OH is 1. The molecule has 7 heteroatoms. The summed E-state index contributed by atoms with van der Waals surface area (Å²) in [7, 11) is 0. The Morgan fingerprint density at radius 1 is 1.46 bits per heavy atom. The Labute approximate surface area is 141 Å². The summed E-state index contributed by atoms with van der Waals surface area (Å²) in [5.74, 6) is 1.06. The fraction of sp³-hybridized carbons (Fsp3) is 0.353. The molecule has 0 aliphatic rings. The lowest BCUT2D eigenvalue weighted by atomic mass is 10.2. The number of nitrogens with one attached hydrogen (secondary N) is 1. The fourth-order valence-corrected chi connectivity index (χ4v) is 2.17. The number of hydrogen-bond acceptors (Lipinski definition) is 7. The number of rotatable bonds is 9. The number of aromatic nitrogens is 3. The topological polar surface area (TPSA) is 106 Å². The number of nitrogens with zero attached hydrogens (tertiary/aromatic N) is 3. The first-order valence-corrected chi connectivity index (χ1v) is 7.85. The van der Waals surface area contributed by atoms with Crippen LogP contribution in [0, 0.1) is 0 Å². The van der Waals surface area contributed by atoms with Crippen molar-refractivity contribution in [2.75, 3.05) is 11.9 Å². The van der Waals surface area contributed by atoms with E-state index in [0.717, 1.165) is 18.5 Å². The summed E-state index contributed by atoms with van der Waals surface area (Å²) in [6.45, 7) is 6.02. The molecule has 0 aliphatic heterocycles. The largest absolute Gasteiger partial charge is 0.482 e. The maximum absolute atomic E-state index is 9.42. The van der Waals surface area contributed by atoms with Crippen LogP contribution in [0.5, 0.6) is 5.75 Å². The summed E-state index contributed by atoms with van der Waals surface area (Å²) < 4.78 is 5.78. The van der Waals surface area contributed by atoms with Gasteiger partial charge in [0.1, 0.15) is 12.9 Å². The highest BCUT2D eigenvalue weighted by molar-refractivity contribution is 5.56. The van der Waals surface area contributed by atoms with Crippen LogP contribution in [0.15, 0.2) is 37.3 Å². The first kappa shape index (κ1) is 17.7. The minimum absolute atomic E-state index is 0.0273. The molecule has 0 spiro atoms. The molecule has 0 aliphatic carbocycles. The van der Waals surface area contributed by atoms with Crippen LogP contribution in [-0.4, -0.2) is 32.7 Å². The van der Waals surface area contributed by atoms with Crippen LogP contribution in [0.25, 0.3) is 5.70 Å². The Balaban J connectivity index is 2.07. The molecule has 2 rings (SSSR count). The van der Waals surface area contributed by atoms with Crippen molar-refractivity contribution in [3.63, 3.8) is 0 Å². The third kappa shape index (κ3) is 4.92. The SMILES string of the molecule is C=C(N)c1cccc(COc2cncnc2NC(CO)CCC)n1. The standard InChI is InChI=1S/C17H23N5O2/c1-3-5-13(9-23)22-17-16(8-19-11-20-17)24-10-14-6-4-7-15(21-14)12(2)18/h4,6-8,11,13,23H,2-3,5,9-10,18H2,1H3,(H,19,20,22). The van der Waals surface area contributed by atoms with E-state index in [1.165, 1.54) is 6.33 Å². The summed E-state index contributed by atoms with van der Waals surface area (Å²) in [6.07, 6.45) is 4.82. The molecule has 1 unspecified atom stereocenters. The summed E-state index contributed by atoms with van der Waals surface area (Å²) in [4.78, 5) is 12.6. The van der Waals surface area contributed by atoms with Gasteiger partial charge < -0.3 is 20.9 Å². The zero-order valence-electron chi connectivity index (χ0n) is 13.8. The number of aliphatic hydroxyl groups is 1. The van der Waals surface area contributed by atoms with Gasteiger partial charge in [-0.25, -0.2) is 15.0 Å². The van der Waals surface area contributed by atoms with E-state index in [4.69, 9.17) is 10.5 Å². The molecule has 2 aromatic rings. The molecular weight excluding hydrogens is 306 g/mol. The van der Waals surface area contributed by atoms with Gasteiger partial charge in [0.25, 0.3) is 0 Å². The average Bonchev–Trinajstić information content (AvgIpc) is 2.60. The van der Waals surface area contributed by atoms with Gasteiger partial charge in [-0.3, -0.25) is 0 Å². The summed E-state index contributed by atoms with van der Waals surface area (Å²) in [5.41, 5.74) is 7.42. The predicted octanol–water partition coefficient (Wildman–Crippen LogP) is 1.95. The Morgan fingerprint density at radius 2 is 2.29 bits per heavy atom. The zero-order chi connectivity index (χ0) is 17.4. The predicted molar refractivity (Wildman–Crippen MR) is 93.2 cm³/mol. The highest BCUT2D eigenvalue weighted by Gasteiger charge is 2.12. The van der Waals surface area contributed by atoms with E-state index in [-0.39, 0.29) is 19.3 Å². The number of anilines is 1. The first-order valence-electron chi connectivity index (χ1n) is 7.85. The third-order valence-corrected chi connectivity index (χ3v) is 3.39. The second kappa shape index (κ2) is 8.83. The van der Waals surface area contributed by atoms with Gasteiger partial charge in [0.15, 0.2) is 11.6 Å². The number of pyridine rings is 1. The van der Waals surface area contributed by atoms with Gasteiger partial charge in [-0.1, -0.05) is 26.0 Å². The van der Waals surface area contributed by atoms with Gasteiger partial charge in [0, 0.05) is 0 Å². The molecule has 0 saturated carbocycles. The highest BCUT2D eigenvalue weighted by atomic mass is 16.5. The lowest BCUT2D eigenvalue weighted by Crippen LogP contribution is -2.24. The number of hydrogen-bond donors (Lipinski definition) is 3. The molecule has 2 aromatic heterocycles. The van der Waals surface area contributed by atoms with Crippen molar-refractivity contribution >= 4 is 11.5 Å². The van der Waals surface area contributed by atoms with E-state index in [1.54, 1.807) is 12.3 Å². The summed E-state index contributed by atoms with van der Waals surface area (Å²) in [5, 5.41) is 12.6. The summed E-state index contributed by atoms with van der Waals surface area (Å²) >= 11 is 0. The molecule has 0 radical (unpaired) electrons. The van der Waals surface area contributed by atoms with Crippen LogP contribution in [0.2, 0.25) is 0 Å². The maximum atomic E-state index is 9.42. The van der Waals surface area contributed by atoms with Crippen molar-refractivity contribution < 1.29 is 9.84 Å². The minimum Gasteiger partial charge on any atom is -0.482 e. The molecule has 24 heavy (non-hydrogen) atoms. The molecule has 4 N–H and O–H groups in total. The van der Waals surface area contributed by atoms with Gasteiger partial charge in [0.05, 0.1) is 35.9 Å². The van der Waals surface area contributed by atoms with Gasteiger partial charge in [-0.2, -0.15) is 0 Å². The quantitative estimate of drug-likeness (QED) is 0.645. The van der Waals surface area contributed by atoms with E-state index in [1.807, 2.05) is 12.1 Å². The van der Waals surface area contributed by atoms with Crippen LogP contribution in [0.3, 0.4) is 0 Å². The van der Waals surface area contributed by atoms with Gasteiger partial charge >= 0.3 is 0 Å². The monoisotopic (exact) mass is 329 g/mol. The van der Waals surface area contributed by atoms with Crippen molar-refractivity contribution in [3.8, 4) is 5.75 Å². The smallest absolute Gasteiger partial charge is 0.180 e. The molecule has 0 saturated heterocycles. The van der Waals surface area contributed by atoms with Crippen LogP contribution in [0.4, 0.5) is 5.82 Å². The van der Waals surface area contributed by atoms with E-state index in [0.29, 0.717) is 23.0 Å². The van der Waals surface area contributed by atoms with Crippen molar-refractivity contribution in [2.24, 2.45) is 5.73 Å². The Kier molecular flexibility index (Phi) is 6.51. The lowest BCUT2D eigenvalue weighted by molar-refractivity contribution is 0.266. The van der Waals surface area contributed by atoms with E-state index in [9.17, 15) is 5.11 Å². The molecule has 7 nitrogen and oxygen atoms in total. The highest BCUT2D eigenvalue weighted by Crippen LogP contribution is 2.22. The summed E-state index contributed by atoms with van der Waals surface area (Å²) in [6, 6.07) is 5.41. The number of ether oxygens (including phenoxy) is 1. The number of nitrogens with two attached hydrogens (primary N) is 1. The zero-order valence-corrected chi connectivity index (χ0v) is 13.8. The van der Waals surface area contributed by atoms with Crippen LogP contribution < -0.4 is 15.8 Å². The average molecular weight is 329 g/mol. The van der Waals surface area contributed by atoms with Crippen molar-refractivity contribution in [2.45, 2.75) is 32.4 Å². The van der Waals surface area contributed by atoms with Gasteiger partial charge in [0.2, 0.25) is 0 Å². The van der Waals surface area contributed by atoms with Crippen LogP contribution in [-0.2, 0) is 6.61 Å². The molecule has 0 aromatic carbocycles. The third-order valence-electron chi connectivity index (χ3n) is 3.39. The molecule has 0 amide bonds. The fourth-order valence-electron chi connectivity index (χ4n) is 2.17. The Hall–Kier alpha value is -2.67. The van der Waals surface area contributed by atoms with E-state index < -0.39 is 0 Å². The van der Waals surface area contributed by atoms with Crippen molar-refractivity contribution in [1.29, 1.82) is 0 Å². The van der Waals surface area contributed by atoms with E-state index >= 15 is 0 Å². The second-order valence-electron chi connectivity index (χ2n) is 5.38. The van der Waals surface area contributed by atoms with Crippen molar-refractivity contribution in [3.05, 3.63) is 48.7 Å². The molecule has 128 valence electrons. The van der Waals surface area contributed by atoms with E-state index in [2.05, 4.69) is 33.8 Å². The Bertz CT molecular complexity index is 678. The van der Waals surface area contributed by atoms with Crippen molar-refractivity contribution in [1.82, 2.24) is 15.0 Å². The normalized spacial score (nSPS) is 11.8. The second-order valence-corrected chi connectivity index (χ2v) is 5.38. The molecule has 0 fully saturated rings. The molecule has 1 atom stereocenters. The van der Waals surface area contributed by atoms with Crippen LogP contribution in [0.1, 0.15) is 31.2 Å². The Morgan fingerprint density at radius 3 is 3.00 bits per heavy atom. The van der Waals surface area contributed by atoms with Gasteiger partial charge in [-0.15, -0.1) is 0 Å². The minimum atomic E-state index is -0.0748. The molecular formula is C17H23N5O2. The maximum Gasteiger partial charge on any atom is 0.180 e. The lowest BCUT2D eigenvalue weighted by Gasteiger charge is -2.18.